The number of methoxy groups -OCH3 is 2. The van der Waals surface area contributed by atoms with Crippen LogP contribution < -0.4 is 10.6 Å². The van der Waals surface area contributed by atoms with E-state index in [1.165, 1.54) is 67.0 Å². The molecule has 8 rings (SSSR count). The van der Waals surface area contributed by atoms with Gasteiger partial charge in [-0.3, -0.25) is 9.59 Å². The van der Waals surface area contributed by atoms with Gasteiger partial charge in [0.1, 0.15) is 23.7 Å². The molecule has 4 aromatic rings. The normalized spacial score (nSPS) is 20.5. The minimum Gasteiger partial charge on any atom is -0.453 e. The van der Waals surface area contributed by atoms with Gasteiger partial charge >= 0.3 is 12.2 Å². The van der Waals surface area contributed by atoms with E-state index in [1.807, 2.05) is 49.9 Å². The summed E-state index contributed by atoms with van der Waals surface area (Å²) < 4.78 is 9.62. The number of rotatable bonds is 11. The van der Waals surface area contributed by atoms with E-state index >= 15 is 0 Å². The number of nitrogens with one attached hydrogen (secondary N) is 4. The summed E-state index contributed by atoms with van der Waals surface area (Å²) in [6, 6.07) is 7.10. The number of alkyl carbamates (subject to hydrolysis) is 2. The molecule has 0 radical (unpaired) electrons. The molecular formula is C45H58N8O6S. The molecule has 2 aliphatic heterocycles. The smallest absolute Gasteiger partial charge is 0.407 e. The molecule has 1 saturated carbocycles. The fourth-order valence-corrected chi connectivity index (χ4v) is 11.2. The van der Waals surface area contributed by atoms with Crippen LogP contribution in [0.4, 0.5) is 9.59 Å². The average molecular weight is 839 g/mol. The number of thiophene rings is 1. The molecule has 2 unspecified atom stereocenters. The van der Waals surface area contributed by atoms with Crippen molar-refractivity contribution >= 4 is 35.3 Å². The van der Waals surface area contributed by atoms with Gasteiger partial charge in [-0.1, -0.05) is 52.7 Å². The van der Waals surface area contributed by atoms with Crippen molar-refractivity contribution in [2.24, 2.45) is 17.3 Å². The van der Waals surface area contributed by atoms with Crippen LogP contribution in [-0.4, -0.2) is 93.1 Å². The Morgan fingerprint density at radius 3 is 1.72 bits per heavy atom. The van der Waals surface area contributed by atoms with Crippen molar-refractivity contribution in [3.05, 3.63) is 59.4 Å². The second-order valence-corrected chi connectivity index (χ2v) is 18.9. The molecular weight excluding hydrogens is 781 g/mol. The maximum Gasteiger partial charge on any atom is 0.407 e. The molecule has 1 spiro atoms. The zero-order chi connectivity index (χ0) is 42.3. The minimum absolute atomic E-state index is 0.104. The molecule has 320 valence electrons. The SMILES string of the molecule is COC(=O)NC(C(=O)N1CCC[C@H]1c1ncc(-c2ccc(-c3ccc(-c4cnc([C@@H]5CCCN5C(=O)C(NC(=O)OC)C(C)C)[nH]4)c4c3CC3(CCCC3)C4)s2)[nH]1)C(C)C. The third kappa shape index (κ3) is 7.92. The number of amides is 4. The molecule has 14 nitrogen and oxygen atoms in total. The van der Waals surface area contributed by atoms with E-state index in [0.29, 0.717) is 13.1 Å². The van der Waals surface area contributed by atoms with E-state index in [1.54, 1.807) is 11.3 Å². The Balaban J connectivity index is 1.04. The van der Waals surface area contributed by atoms with Crippen molar-refractivity contribution in [1.82, 2.24) is 40.4 Å². The minimum atomic E-state index is -0.687. The number of nitrogens with zero attached hydrogens (tertiary/aromatic N) is 4. The Kier molecular flexibility index (Phi) is 11.8. The summed E-state index contributed by atoms with van der Waals surface area (Å²) in [5, 5.41) is 5.47. The standard InChI is InChI=1S/C45H58N8O6S/c1-25(2)37(50-43(56)58-5)41(54)52-19-9-11-33(52)39-46-23-31(48-39)27-13-14-28(30-22-45(21-29(27)30)17-7-8-18-45)35-15-16-36(60-35)32-24-47-40(49-32)34-12-10-20-53(34)42(55)38(26(3)4)51-44(57)59-6/h13-16,23-26,33-34,37-38H,7-12,17-22H2,1-6H3,(H,46,48)(H,47,49)(H,50,56)(H,51,57)/t33-,34-,37?,38?/m0/s1. The summed E-state index contributed by atoms with van der Waals surface area (Å²) in [6.07, 6.45) is 12.9. The monoisotopic (exact) mass is 838 g/mol. The lowest BCUT2D eigenvalue weighted by atomic mass is 9.83. The molecule has 15 heteroatoms. The average Bonchev–Trinajstić information content (AvgIpc) is 4.08. The van der Waals surface area contributed by atoms with Crippen LogP contribution >= 0.6 is 11.3 Å². The first-order chi connectivity index (χ1) is 28.9. The second kappa shape index (κ2) is 17.1. The topological polar surface area (TPSA) is 175 Å². The zero-order valence-electron chi connectivity index (χ0n) is 35.6. The van der Waals surface area contributed by atoms with Gasteiger partial charge in [-0.15, -0.1) is 11.3 Å². The maximum atomic E-state index is 13.8. The number of carbonyl (C=O) groups is 4. The molecule has 2 aliphatic carbocycles. The highest BCUT2D eigenvalue weighted by atomic mass is 32.1. The van der Waals surface area contributed by atoms with Gasteiger partial charge in [0.2, 0.25) is 11.8 Å². The molecule has 3 aromatic heterocycles. The number of hydrogen-bond acceptors (Lipinski definition) is 9. The summed E-state index contributed by atoms with van der Waals surface area (Å²) in [7, 11) is 2.61. The summed E-state index contributed by atoms with van der Waals surface area (Å²) in [4.78, 5) is 74.6. The molecule has 4 atom stereocenters. The zero-order valence-corrected chi connectivity index (χ0v) is 36.4. The fraction of sp³-hybridized carbons (Fsp3) is 0.556. The van der Waals surface area contributed by atoms with Gasteiger partial charge in [0.15, 0.2) is 0 Å². The van der Waals surface area contributed by atoms with Gasteiger partial charge < -0.3 is 39.9 Å². The Bertz CT molecular complexity index is 2240. The number of carbonyl (C=O) groups excluding carboxylic acids is 4. The van der Waals surface area contributed by atoms with Gasteiger partial charge in [-0.2, -0.15) is 0 Å². The van der Waals surface area contributed by atoms with Crippen LogP contribution in [0.5, 0.6) is 0 Å². The Labute approximate surface area is 355 Å². The molecule has 3 fully saturated rings. The summed E-state index contributed by atoms with van der Waals surface area (Å²) in [5.41, 5.74) is 7.39. The predicted octanol–water partition coefficient (Wildman–Crippen LogP) is 7.94. The van der Waals surface area contributed by atoms with Crippen molar-refractivity contribution in [1.29, 1.82) is 0 Å². The number of hydrogen-bond donors (Lipinski definition) is 4. The van der Waals surface area contributed by atoms with Gasteiger partial charge in [-0.25, -0.2) is 19.6 Å². The summed E-state index contributed by atoms with van der Waals surface area (Å²) >= 11 is 1.75. The van der Waals surface area contributed by atoms with Crippen LogP contribution in [0, 0.1) is 17.3 Å². The maximum absolute atomic E-state index is 13.8. The van der Waals surface area contributed by atoms with E-state index in [4.69, 9.17) is 19.4 Å². The number of benzene rings is 1. The molecule has 0 bridgehead atoms. The number of likely N-dealkylation sites (tertiary alicyclic amines) is 2. The van der Waals surface area contributed by atoms with Crippen LogP contribution in [0.15, 0.2) is 36.7 Å². The van der Waals surface area contributed by atoms with Crippen LogP contribution in [0.2, 0.25) is 0 Å². The Morgan fingerprint density at radius 2 is 1.18 bits per heavy atom. The predicted molar refractivity (Wildman–Crippen MR) is 229 cm³/mol. The van der Waals surface area contributed by atoms with Crippen molar-refractivity contribution in [2.75, 3.05) is 27.3 Å². The third-order valence-corrected chi connectivity index (χ3v) is 14.5. The first-order valence-corrected chi connectivity index (χ1v) is 22.4. The lowest BCUT2D eigenvalue weighted by molar-refractivity contribution is -0.136. The van der Waals surface area contributed by atoms with Crippen LogP contribution in [0.3, 0.4) is 0 Å². The fourth-order valence-electron chi connectivity index (χ4n) is 10.2. The van der Waals surface area contributed by atoms with E-state index in [2.05, 4.69) is 44.9 Å². The van der Waals surface area contributed by atoms with Gasteiger partial charge in [0.05, 0.1) is 55.0 Å². The number of H-pyrrole nitrogens is 2. The number of imidazole rings is 2. The number of aromatic nitrogens is 4. The number of fused-ring (bicyclic) bond motifs is 1. The largest absolute Gasteiger partial charge is 0.453 e. The first kappa shape index (κ1) is 41.5. The van der Waals surface area contributed by atoms with E-state index in [-0.39, 0.29) is 41.1 Å². The first-order valence-electron chi connectivity index (χ1n) is 21.6. The molecule has 1 aromatic carbocycles. The lowest BCUT2D eigenvalue weighted by Crippen LogP contribution is -2.51. The molecule has 4 amide bonds. The van der Waals surface area contributed by atoms with Crippen molar-refractivity contribution in [2.45, 2.75) is 116 Å². The van der Waals surface area contributed by atoms with E-state index in [9.17, 15) is 19.2 Å². The number of ether oxygens (including phenoxy) is 2. The molecule has 60 heavy (non-hydrogen) atoms. The quantitative estimate of drug-likeness (QED) is 0.118. The molecule has 2 saturated heterocycles. The Morgan fingerprint density at radius 1 is 0.700 bits per heavy atom. The lowest BCUT2D eigenvalue weighted by Gasteiger charge is -2.30. The molecule has 4 N–H and O–H groups in total. The van der Waals surface area contributed by atoms with Gasteiger partial charge in [0, 0.05) is 23.5 Å². The Hall–Kier alpha value is -5.18. The molecule has 5 heterocycles. The van der Waals surface area contributed by atoms with E-state index < -0.39 is 24.3 Å². The highest BCUT2D eigenvalue weighted by Crippen LogP contribution is 2.53. The molecule has 4 aliphatic rings. The van der Waals surface area contributed by atoms with Crippen LogP contribution in [0.25, 0.3) is 32.3 Å². The van der Waals surface area contributed by atoms with E-state index in [0.717, 1.165) is 66.4 Å². The van der Waals surface area contributed by atoms with Crippen molar-refractivity contribution < 1.29 is 28.7 Å². The highest BCUT2D eigenvalue weighted by Gasteiger charge is 2.43. The van der Waals surface area contributed by atoms with Crippen LogP contribution in [-0.2, 0) is 31.9 Å². The van der Waals surface area contributed by atoms with Crippen molar-refractivity contribution in [3.8, 4) is 32.3 Å². The summed E-state index contributed by atoms with van der Waals surface area (Å²) in [5.74, 6) is 1.07. The van der Waals surface area contributed by atoms with Gasteiger partial charge in [-0.05, 0) is 97.4 Å². The second-order valence-electron chi connectivity index (χ2n) is 17.8. The van der Waals surface area contributed by atoms with Crippen LogP contribution in [0.1, 0.15) is 114 Å². The highest BCUT2D eigenvalue weighted by molar-refractivity contribution is 7.18. The van der Waals surface area contributed by atoms with Crippen molar-refractivity contribution in [3.63, 3.8) is 0 Å². The number of aromatic amines is 2. The van der Waals surface area contributed by atoms with Gasteiger partial charge in [0.25, 0.3) is 0 Å². The summed E-state index contributed by atoms with van der Waals surface area (Å²) in [6.45, 7) is 8.89. The third-order valence-electron chi connectivity index (χ3n) is 13.3.